The summed E-state index contributed by atoms with van der Waals surface area (Å²) in [4.78, 5) is 41.4. The molecule has 0 spiro atoms. The van der Waals surface area contributed by atoms with Gasteiger partial charge >= 0.3 is 0 Å². The van der Waals surface area contributed by atoms with Crippen LogP contribution in [0.4, 0.5) is 0 Å². The standard InChI is InChI=1S/2C54H32N4OS/c1-3-13-33(14-4-1)37-29-30-43-45(32-37)55-49(50-48(43)44-20-7-9-23-46(44)59-50)34-25-27-36(28-26-34)53-56-52(35-15-5-2-6-16-35)57-54(58-53)39-18-11-17-38(31-39)40-21-12-22-42-41-19-8-10-24-47(41)60-51(40)42;1-3-13-33(14-4-1)34-25-27-35(28-26-34)37-29-30-42-45(32-37)55-49(50-48(42)43-20-7-9-23-46(43)59-50)38-17-11-18-39(31-38)53-56-52(36-15-5-2-6-16-36)57-54(58-53)44-22-12-21-41-40-19-8-10-24-47(40)60-51(41)44/h2*1-32H. The molecule has 0 saturated carbocycles. The summed E-state index contributed by atoms with van der Waals surface area (Å²) >= 11 is 3.60. The zero-order valence-electron chi connectivity index (χ0n) is 64.2. The van der Waals surface area contributed by atoms with Crippen molar-refractivity contribution in [2.75, 3.05) is 0 Å². The smallest absolute Gasteiger partial charge is 0.165 e. The quantitative estimate of drug-likeness (QED) is 0.117. The Balaban J connectivity index is 0.000000140. The lowest BCUT2D eigenvalue weighted by Crippen LogP contribution is -2.00. The summed E-state index contributed by atoms with van der Waals surface area (Å²) in [6.07, 6.45) is 0. The summed E-state index contributed by atoms with van der Waals surface area (Å²) in [5.74, 6) is 3.66. The molecule has 0 aliphatic rings. The number of benzene rings is 16. The Morgan fingerprint density at radius 3 is 1.01 bits per heavy atom. The van der Waals surface area contributed by atoms with Crippen LogP contribution >= 0.6 is 22.7 Å². The van der Waals surface area contributed by atoms with Crippen LogP contribution in [-0.4, -0.2) is 39.9 Å². The van der Waals surface area contributed by atoms with Crippen LogP contribution in [0.3, 0.4) is 0 Å². The van der Waals surface area contributed by atoms with Crippen molar-refractivity contribution in [1.82, 2.24) is 39.9 Å². The van der Waals surface area contributed by atoms with Crippen LogP contribution in [0.1, 0.15) is 0 Å². The van der Waals surface area contributed by atoms with E-state index in [1.165, 1.54) is 52.3 Å². The van der Waals surface area contributed by atoms with Gasteiger partial charge < -0.3 is 8.83 Å². The average molecular weight is 1570 g/mol. The van der Waals surface area contributed by atoms with E-state index in [1.54, 1.807) is 11.3 Å². The zero-order chi connectivity index (χ0) is 79.1. The van der Waals surface area contributed by atoms with Crippen molar-refractivity contribution in [2.45, 2.75) is 0 Å². The SMILES string of the molecule is c1ccc(-c2ccc(-c3ccc4c(c3)nc(-c3cccc(-c5nc(-c6ccccc6)nc(-c6cccc7c6sc6ccccc67)n5)c3)c3oc5ccccc5c34)cc2)cc1.c1ccc(-c2ccc3c(c2)nc(-c2ccc(-c4nc(-c5ccccc5)nc(-c5cccc(-c6cccc7c6sc6ccccc67)c5)n4)cc2)c2oc4ccccc4c23)cc1. The molecule has 0 fully saturated rings. The second kappa shape index (κ2) is 29.3. The van der Waals surface area contributed by atoms with E-state index in [0.717, 1.165) is 154 Å². The van der Waals surface area contributed by atoms with E-state index < -0.39 is 0 Å². The molecule has 12 heteroatoms. The fraction of sp³-hybridized carbons (Fsp3) is 0. The van der Waals surface area contributed by atoms with E-state index in [-0.39, 0.29) is 0 Å². The van der Waals surface area contributed by atoms with Crippen molar-refractivity contribution in [3.05, 3.63) is 388 Å². The van der Waals surface area contributed by atoms with Crippen LogP contribution in [0.25, 0.3) is 241 Å². The highest BCUT2D eigenvalue weighted by atomic mass is 32.1. The van der Waals surface area contributed by atoms with E-state index in [4.69, 9.17) is 48.7 Å². The molecule has 0 aliphatic carbocycles. The van der Waals surface area contributed by atoms with Crippen LogP contribution in [0.15, 0.2) is 397 Å². The molecule has 24 aromatic rings. The molecule has 24 rings (SSSR count). The summed E-state index contributed by atoms with van der Waals surface area (Å²) in [7, 11) is 0. The van der Waals surface area contributed by atoms with Crippen LogP contribution in [0.2, 0.25) is 0 Å². The molecule has 0 atom stereocenters. The van der Waals surface area contributed by atoms with E-state index in [0.29, 0.717) is 34.9 Å². The number of rotatable bonds is 12. The highest BCUT2D eigenvalue weighted by molar-refractivity contribution is 7.26. The fourth-order valence-corrected chi connectivity index (χ4v) is 19.3. The van der Waals surface area contributed by atoms with Gasteiger partial charge in [-0.2, -0.15) is 0 Å². The molecule has 8 aromatic heterocycles. The Morgan fingerprint density at radius 1 is 0.183 bits per heavy atom. The Labute approximate surface area is 696 Å². The first-order valence-electron chi connectivity index (χ1n) is 39.9. The van der Waals surface area contributed by atoms with Gasteiger partial charge in [0, 0.05) is 117 Å². The molecule has 0 saturated heterocycles. The highest BCUT2D eigenvalue weighted by Crippen LogP contribution is 2.47. The third-order valence-corrected chi connectivity index (χ3v) is 25.1. The molecule has 16 aromatic carbocycles. The van der Waals surface area contributed by atoms with Gasteiger partial charge in [0.15, 0.2) is 46.1 Å². The number of hydrogen-bond donors (Lipinski definition) is 0. The topological polar surface area (TPSA) is 129 Å². The molecule has 560 valence electrons. The van der Waals surface area contributed by atoms with Gasteiger partial charge in [0.25, 0.3) is 0 Å². The van der Waals surface area contributed by atoms with Gasteiger partial charge in [0.05, 0.1) is 11.0 Å². The minimum Gasteiger partial charge on any atom is -0.454 e. The zero-order valence-corrected chi connectivity index (χ0v) is 65.8. The van der Waals surface area contributed by atoms with Crippen LogP contribution in [0.5, 0.6) is 0 Å². The van der Waals surface area contributed by atoms with E-state index in [1.807, 2.05) is 114 Å². The van der Waals surface area contributed by atoms with E-state index in [9.17, 15) is 0 Å². The Hall–Kier alpha value is -15.6. The van der Waals surface area contributed by atoms with E-state index in [2.05, 4.69) is 285 Å². The molecule has 0 radical (unpaired) electrons. The molecule has 0 aliphatic heterocycles. The maximum Gasteiger partial charge on any atom is 0.165 e. The molecule has 0 unspecified atom stereocenters. The van der Waals surface area contributed by atoms with Crippen molar-refractivity contribution in [2.24, 2.45) is 0 Å². The first-order valence-corrected chi connectivity index (χ1v) is 41.5. The molecule has 10 nitrogen and oxygen atoms in total. The normalized spacial score (nSPS) is 11.7. The third kappa shape index (κ3) is 12.5. The van der Waals surface area contributed by atoms with Gasteiger partial charge in [-0.05, 0) is 99.1 Å². The third-order valence-electron chi connectivity index (χ3n) is 22.7. The minimum absolute atomic E-state index is 0.585. The predicted molar refractivity (Wildman–Crippen MR) is 496 cm³/mol. The molecule has 0 bridgehead atoms. The van der Waals surface area contributed by atoms with Gasteiger partial charge in [-0.3, -0.25) is 0 Å². The summed E-state index contributed by atoms with van der Waals surface area (Å²) < 4.78 is 18.2. The van der Waals surface area contributed by atoms with Crippen molar-refractivity contribution in [3.8, 4) is 135 Å². The molecular weight excluding hydrogens is 1510 g/mol. The van der Waals surface area contributed by atoms with Gasteiger partial charge in [-0.15, -0.1) is 22.7 Å². The number of thiophene rings is 2. The average Bonchev–Trinajstić information content (AvgIpc) is 1.54. The lowest BCUT2D eigenvalue weighted by Gasteiger charge is -2.11. The molecule has 0 amide bonds. The number of furan rings is 2. The van der Waals surface area contributed by atoms with Crippen molar-refractivity contribution in [3.63, 3.8) is 0 Å². The molecular formula is C108H64N8O2S2. The Morgan fingerprint density at radius 2 is 0.500 bits per heavy atom. The number of hydrogen-bond acceptors (Lipinski definition) is 12. The number of fused-ring (bicyclic) bond motifs is 16. The van der Waals surface area contributed by atoms with Gasteiger partial charge in [0.2, 0.25) is 0 Å². The largest absolute Gasteiger partial charge is 0.454 e. The lowest BCUT2D eigenvalue weighted by atomic mass is 9.97. The van der Waals surface area contributed by atoms with Gasteiger partial charge in [0.1, 0.15) is 22.6 Å². The Kier molecular flexibility index (Phi) is 17.1. The number of aromatic nitrogens is 8. The predicted octanol–water partition coefficient (Wildman–Crippen LogP) is 29.4. The summed E-state index contributed by atoms with van der Waals surface area (Å²) in [5, 5.41) is 11.3. The maximum atomic E-state index is 6.68. The summed E-state index contributed by atoms with van der Waals surface area (Å²) in [6, 6.07) is 135. The summed E-state index contributed by atoms with van der Waals surface area (Å²) in [5.41, 5.74) is 23.1. The van der Waals surface area contributed by atoms with Crippen LogP contribution in [-0.2, 0) is 0 Å². The molecule has 120 heavy (non-hydrogen) atoms. The van der Waals surface area contributed by atoms with Crippen molar-refractivity contribution in [1.29, 1.82) is 0 Å². The first kappa shape index (κ1) is 69.9. The second-order valence-electron chi connectivity index (χ2n) is 29.9. The lowest BCUT2D eigenvalue weighted by molar-refractivity contribution is 0.668. The highest BCUT2D eigenvalue weighted by Gasteiger charge is 2.25. The van der Waals surface area contributed by atoms with E-state index >= 15 is 0 Å². The molecule has 8 heterocycles. The number of nitrogens with zero attached hydrogens (tertiary/aromatic N) is 8. The van der Waals surface area contributed by atoms with Crippen LogP contribution in [0, 0.1) is 0 Å². The second-order valence-corrected chi connectivity index (χ2v) is 32.0. The van der Waals surface area contributed by atoms with Crippen molar-refractivity contribution >= 4 is 129 Å². The number of para-hydroxylation sites is 2. The van der Waals surface area contributed by atoms with Gasteiger partial charge in [-0.25, -0.2) is 39.9 Å². The van der Waals surface area contributed by atoms with Crippen molar-refractivity contribution < 1.29 is 8.83 Å². The number of pyridine rings is 2. The molecule has 0 N–H and O–H groups in total. The first-order chi connectivity index (χ1) is 59.4. The monoisotopic (exact) mass is 1570 g/mol. The van der Waals surface area contributed by atoms with Gasteiger partial charge in [-0.1, -0.05) is 334 Å². The maximum absolute atomic E-state index is 6.68. The fourth-order valence-electron chi connectivity index (χ4n) is 16.8. The Bertz CT molecular complexity index is 8150. The minimum atomic E-state index is 0.585. The van der Waals surface area contributed by atoms with Crippen LogP contribution < -0.4 is 0 Å². The summed E-state index contributed by atoms with van der Waals surface area (Å²) in [6.45, 7) is 0.